The van der Waals surface area contributed by atoms with Gasteiger partial charge in [0.15, 0.2) is 0 Å². The highest BCUT2D eigenvalue weighted by Gasteiger charge is 2.35. The Kier molecular flexibility index (Phi) is 5.05. The third-order valence-electron chi connectivity index (χ3n) is 5.21. The van der Waals surface area contributed by atoms with E-state index in [-0.39, 0.29) is 12.0 Å². The third-order valence-corrected chi connectivity index (χ3v) is 5.21. The van der Waals surface area contributed by atoms with E-state index >= 15 is 0 Å². The number of aromatic nitrogens is 2. The molecule has 1 amide bonds. The van der Waals surface area contributed by atoms with E-state index < -0.39 is 0 Å². The van der Waals surface area contributed by atoms with Crippen molar-refractivity contribution in [1.82, 2.24) is 19.6 Å². The van der Waals surface area contributed by atoms with E-state index in [1.54, 1.807) is 0 Å². The molecule has 0 unspecified atom stereocenters. The molecule has 2 aliphatic heterocycles. The van der Waals surface area contributed by atoms with Crippen molar-refractivity contribution in [3.05, 3.63) is 18.0 Å². The molecule has 5 heteroatoms. The van der Waals surface area contributed by atoms with Crippen LogP contribution in [0, 0.1) is 11.8 Å². The van der Waals surface area contributed by atoms with Gasteiger partial charge >= 0.3 is 0 Å². The predicted octanol–water partition coefficient (Wildman–Crippen LogP) is 2.45. The maximum atomic E-state index is 13.0. The topological polar surface area (TPSA) is 41.4 Å². The van der Waals surface area contributed by atoms with Gasteiger partial charge in [-0.05, 0) is 44.7 Å². The van der Waals surface area contributed by atoms with Crippen LogP contribution in [0.15, 0.2) is 12.4 Å². The number of carbonyl (C=O) groups excluding carboxylic acids is 1. The van der Waals surface area contributed by atoms with Gasteiger partial charge in [-0.15, -0.1) is 0 Å². The average Bonchev–Trinajstić information content (AvgIpc) is 3.15. The fourth-order valence-corrected chi connectivity index (χ4v) is 4.10. The van der Waals surface area contributed by atoms with E-state index in [1.807, 2.05) is 17.9 Å². The first-order valence-electron chi connectivity index (χ1n) is 9.06. The molecule has 1 aromatic heterocycles. The molecule has 3 rings (SSSR count). The van der Waals surface area contributed by atoms with Crippen molar-refractivity contribution in [2.75, 3.05) is 26.2 Å². The number of aryl methyl sites for hydroxylation is 1. The number of carbonyl (C=O) groups is 1. The lowest BCUT2D eigenvalue weighted by molar-refractivity contribution is -0.138. The summed E-state index contributed by atoms with van der Waals surface area (Å²) < 4.78 is 1.83. The molecule has 0 radical (unpaired) electrons. The second kappa shape index (κ2) is 7.04. The molecular formula is C18H30N4O. The SMILES string of the molecule is CC(C)CN1CCC(C(=O)N2CCC[C@H]2c2cnn(C)c2)CC1. The second-order valence-corrected chi connectivity index (χ2v) is 7.61. The molecule has 2 saturated heterocycles. The van der Waals surface area contributed by atoms with Gasteiger partial charge in [0.05, 0.1) is 12.2 Å². The number of hydrogen-bond donors (Lipinski definition) is 0. The van der Waals surface area contributed by atoms with Crippen molar-refractivity contribution >= 4 is 5.91 Å². The number of amides is 1. The standard InChI is InChI=1S/C18H30N4O/c1-14(2)12-21-9-6-15(7-10-21)18(23)22-8-4-5-17(22)16-11-19-20(3)13-16/h11,13-15,17H,4-10,12H2,1-3H3/t17-/m0/s1. The molecule has 0 aromatic carbocycles. The summed E-state index contributed by atoms with van der Waals surface area (Å²) in [5, 5.41) is 4.28. The Balaban J connectivity index is 1.59. The molecule has 0 aliphatic carbocycles. The van der Waals surface area contributed by atoms with E-state index in [0.717, 1.165) is 51.9 Å². The zero-order valence-electron chi connectivity index (χ0n) is 14.7. The van der Waals surface area contributed by atoms with Crippen LogP contribution >= 0.6 is 0 Å². The minimum absolute atomic E-state index is 0.218. The molecule has 128 valence electrons. The minimum Gasteiger partial charge on any atom is -0.335 e. The molecular weight excluding hydrogens is 288 g/mol. The summed E-state index contributed by atoms with van der Waals surface area (Å²) in [5.74, 6) is 1.30. The predicted molar refractivity (Wildman–Crippen MR) is 90.9 cm³/mol. The zero-order chi connectivity index (χ0) is 16.4. The highest BCUT2D eigenvalue weighted by molar-refractivity contribution is 5.79. The van der Waals surface area contributed by atoms with E-state index in [1.165, 1.54) is 5.56 Å². The summed E-state index contributed by atoms with van der Waals surface area (Å²) in [6, 6.07) is 0.241. The quantitative estimate of drug-likeness (QED) is 0.856. The average molecular weight is 318 g/mol. The first kappa shape index (κ1) is 16.5. The van der Waals surface area contributed by atoms with Crippen LogP contribution in [0.1, 0.15) is 51.1 Å². The Morgan fingerprint density at radius 2 is 2.00 bits per heavy atom. The van der Waals surface area contributed by atoms with Crippen molar-refractivity contribution < 1.29 is 4.79 Å². The lowest BCUT2D eigenvalue weighted by Crippen LogP contribution is -2.43. The Labute approximate surface area is 139 Å². The molecule has 23 heavy (non-hydrogen) atoms. The minimum atomic E-state index is 0.218. The Hall–Kier alpha value is -1.36. The van der Waals surface area contributed by atoms with Crippen molar-refractivity contribution in [3.63, 3.8) is 0 Å². The van der Waals surface area contributed by atoms with Crippen LogP contribution in [0.25, 0.3) is 0 Å². The highest BCUT2D eigenvalue weighted by Crippen LogP contribution is 2.34. The molecule has 2 aliphatic rings. The lowest BCUT2D eigenvalue weighted by atomic mass is 9.94. The van der Waals surface area contributed by atoms with Gasteiger partial charge in [-0.3, -0.25) is 9.48 Å². The Morgan fingerprint density at radius 3 is 2.61 bits per heavy atom. The summed E-state index contributed by atoms with van der Waals surface area (Å²) >= 11 is 0. The largest absolute Gasteiger partial charge is 0.335 e. The van der Waals surface area contributed by atoms with E-state index in [0.29, 0.717) is 11.8 Å². The smallest absolute Gasteiger partial charge is 0.226 e. The molecule has 1 aromatic rings. The number of hydrogen-bond acceptors (Lipinski definition) is 3. The molecule has 0 bridgehead atoms. The van der Waals surface area contributed by atoms with E-state index in [9.17, 15) is 4.79 Å². The van der Waals surface area contributed by atoms with Crippen LogP contribution in [-0.2, 0) is 11.8 Å². The van der Waals surface area contributed by atoms with Crippen LogP contribution in [0.3, 0.4) is 0 Å². The van der Waals surface area contributed by atoms with Gasteiger partial charge in [-0.2, -0.15) is 5.10 Å². The van der Waals surface area contributed by atoms with Gasteiger partial charge < -0.3 is 9.80 Å². The molecule has 3 heterocycles. The number of piperidine rings is 1. The fraction of sp³-hybridized carbons (Fsp3) is 0.778. The molecule has 2 fully saturated rings. The zero-order valence-corrected chi connectivity index (χ0v) is 14.7. The maximum absolute atomic E-state index is 13.0. The second-order valence-electron chi connectivity index (χ2n) is 7.61. The highest BCUT2D eigenvalue weighted by atomic mass is 16.2. The van der Waals surface area contributed by atoms with Gasteiger partial charge in [-0.25, -0.2) is 0 Å². The van der Waals surface area contributed by atoms with Gasteiger partial charge in [0.1, 0.15) is 0 Å². The van der Waals surface area contributed by atoms with Gasteiger partial charge in [-0.1, -0.05) is 13.8 Å². The van der Waals surface area contributed by atoms with Crippen LogP contribution in [-0.4, -0.2) is 51.7 Å². The molecule has 0 spiro atoms. The molecule has 0 N–H and O–H groups in total. The number of nitrogens with zero attached hydrogens (tertiary/aromatic N) is 4. The van der Waals surface area contributed by atoms with Crippen LogP contribution in [0.4, 0.5) is 0 Å². The summed E-state index contributed by atoms with van der Waals surface area (Å²) in [7, 11) is 1.94. The van der Waals surface area contributed by atoms with E-state index in [4.69, 9.17) is 0 Å². The molecule has 1 atom stereocenters. The van der Waals surface area contributed by atoms with Gasteiger partial charge in [0.2, 0.25) is 5.91 Å². The summed E-state index contributed by atoms with van der Waals surface area (Å²) in [5.41, 5.74) is 1.19. The first-order chi connectivity index (χ1) is 11.0. The lowest BCUT2D eigenvalue weighted by Gasteiger charge is -2.35. The van der Waals surface area contributed by atoms with E-state index in [2.05, 4.69) is 34.9 Å². The Morgan fingerprint density at radius 1 is 1.26 bits per heavy atom. The number of rotatable bonds is 4. The van der Waals surface area contributed by atoms with Gasteiger partial charge in [0, 0.05) is 37.8 Å². The van der Waals surface area contributed by atoms with Crippen molar-refractivity contribution in [2.24, 2.45) is 18.9 Å². The third kappa shape index (κ3) is 3.77. The monoisotopic (exact) mass is 318 g/mol. The maximum Gasteiger partial charge on any atom is 0.226 e. The van der Waals surface area contributed by atoms with Crippen LogP contribution in [0.5, 0.6) is 0 Å². The first-order valence-corrected chi connectivity index (χ1v) is 9.06. The van der Waals surface area contributed by atoms with Crippen LogP contribution < -0.4 is 0 Å². The fourth-order valence-electron chi connectivity index (χ4n) is 4.10. The van der Waals surface area contributed by atoms with Crippen molar-refractivity contribution in [3.8, 4) is 0 Å². The normalized spacial score (nSPS) is 23.8. The van der Waals surface area contributed by atoms with Crippen molar-refractivity contribution in [1.29, 1.82) is 0 Å². The van der Waals surface area contributed by atoms with Crippen molar-refractivity contribution in [2.45, 2.75) is 45.6 Å². The number of likely N-dealkylation sites (tertiary alicyclic amines) is 2. The summed E-state index contributed by atoms with van der Waals surface area (Å²) in [6.45, 7) is 8.73. The molecule has 5 nitrogen and oxygen atoms in total. The Bertz CT molecular complexity index is 531. The van der Waals surface area contributed by atoms with Gasteiger partial charge in [0.25, 0.3) is 0 Å². The summed E-state index contributed by atoms with van der Waals surface area (Å²) in [6.07, 6.45) is 8.19. The van der Waals surface area contributed by atoms with Crippen LogP contribution in [0.2, 0.25) is 0 Å². The summed E-state index contributed by atoms with van der Waals surface area (Å²) in [4.78, 5) is 17.6. The molecule has 0 saturated carbocycles.